The van der Waals surface area contributed by atoms with Crippen LogP contribution in [-0.4, -0.2) is 28.2 Å². The van der Waals surface area contributed by atoms with Crippen molar-refractivity contribution in [2.75, 3.05) is 6.54 Å². The Balaban J connectivity index is 2.10. The van der Waals surface area contributed by atoms with Gasteiger partial charge in [-0.1, -0.05) is 29.8 Å². The molecule has 19 heavy (non-hydrogen) atoms. The predicted molar refractivity (Wildman–Crippen MR) is 85.4 cm³/mol. The van der Waals surface area contributed by atoms with Crippen LogP contribution < -0.4 is 0 Å². The lowest BCUT2D eigenvalue weighted by atomic mass is 9.98. The second-order valence-electron chi connectivity index (χ2n) is 5.28. The molecule has 2 atom stereocenters. The number of amides is 1. The van der Waals surface area contributed by atoms with Crippen molar-refractivity contribution in [2.45, 2.75) is 56.8 Å². The third-order valence-corrected chi connectivity index (χ3v) is 5.30. The summed E-state index contributed by atoms with van der Waals surface area (Å²) in [7, 11) is 0. The maximum absolute atomic E-state index is 12.6. The average molecular weight is 344 g/mol. The molecule has 1 saturated heterocycles. The number of likely N-dealkylation sites (tertiary alicyclic amines) is 1. The van der Waals surface area contributed by atoms with E-state index in [2.05, 4.69) is 40.7 Å². The molecule has 0 radical (unpaired) electrons. The summed E-state index contributed by atoms with van der Waals surface area (Å²) in [6.07, 6.45) is 5.61. The van der Waals surface area contributed by atoms with Gasteiger partial charge in [0.1, 0.15) is 0 Å². The number of hydrogen-bond donors (Lipinski definition) is 0. The summed E-state index contributed by atoms with van der Waals surface area (Å²) in [5.41, 5.74) is 0. The van der Waals surface area contributed by atoms with Gasteiger partial charge in [0.2, 0.25) is 0 Å². The Bertz CT molecular complexity index is 430. The number of halogens is 1. The number of alkyl halides is 1. The van der Waals surface area contributed by atoms with Gasteiger partial charge in [-0.25, -0.2) is 0 Å². The van der Waals surface area contributed by atoms with Crippen molar-refractivity contribution >= 4 is 33.2 Å². The van der Waals surface area contributed by atoms with Crippen LogP contribution in [0.3, 0.4) is 0 Å². The minimum absolute atomic E-state index is 0.238. The first-order valence-electron chi connectivity index (χ1n) is 7.15. The first-order chi connectivity index (χ1) is 9.11. The normalized spacial score (nSPS) is 21.4. The summed E-state index contributed by atoms with van der Waals surface area (Å²) >= 11 is 5.28. The lowest BCUT2D eigenvalue weighted by molar-refractivity contribution is 0.0608. The quantitative estimate of drug-likeness (QED) is 0.738. The number of piperidine rings is 1. The monoisotopic (exact) mass is 343 g/mol. The third kappa shape index (κ3) is 3.82. The maximum Gasteiger partial charge on any atom is 0.264 e. The highest BCUT2D eigenvalue weighted by Crippen LogP contribution is 2.27. The van der Waals surface area contributed by atoms with Crippen molar-refractivity contribution in [3.05, 3.63) is 21.9 Å². The Morgan fingerprint density at radius 3 is 2.95 bits per heavy atom. The van der Waals surface area contributed by atoms with Gasteiger partial charge in [0, 0.05) is 22.3 Å². The van der Waals surface area contributed by atoms with Gasteiger partial charge in [-0.3, -0.25) is 4.79 Å². The number of carbonyl (C=O) groups excluding carboxylic acids is 1. The van der Waals surface area contributed by atoms with Gasteiger partial charge in [0.05, 0.1) is 4.88 Å². The molecule has 1 aliphatic heterocycles. The van der Waals surface area contributed by atoms with E-state index in [1.165, 1.54) is 11.3 Å². The lowest BCUT2D eigenvalue weighted by Crippen LogP contribution is -2.44. The van der Waals surface area contributed by atoms with E-state index in [0.29, 0.717) is 10.9 Å². The number of thiophene rings is 1. The Kier molecular flexibility index (Phi) is 5.46. The summed E-state index contributed by atoms with van der Waals surface area (Å²) < 4.78 is 0. The molecule has 1 amide bonds. The molecule has 1 aromatic heterocycles. The Morgan fingerprint density at radius 1 is 1.53 bits per heavy atom. The van der Waals surface area contributed by atoms with Crippen LogP contribution in [0.1, 0.15) is 54.1 Å². The van der Waals surface area contributed by atoms with Crippen LogP contribution in [0.15, 0.2) is 12.1 Å². The summed E-state index contributed by atoms with van der Waals surface area (Å²) in [5, 5.41) is 0. The standard InChI is InChI=1S/C15H22BrNOS/c1-3-13-7-8-14(19-13)15(18)17-9-5-4-6-12(17)10-11(2)16/h7-8,11-12H,3-6,9-10H2,1-2H3. The van der Waals surface area contributed by atoms with Crippen molar-refractivity contribution in [3.63, 3.8) is 0 Å². The Morgan fingerprint density at radius 2 is 2.32 bits per heavy atom. The molecule has 2 unspecified atom stereocenters. The van der Waals surface area contributed by atoms with Crippen molar-refractivity contribution in [3.8, 4) is 0 Å². The molecule has 0 bridgehead atoms. The fraction of sp³-hybridized carbons (Fsp3) is 0.667. The number of nitrogens with zero attached hydrogens (tertiary/aromatic N) is 1. The summed E-state index contributed by atoms with van der Waals surface area (Å²) in [5.74, 6) is 0.238. The topological polar surface area (TPSA) is 20.3 Å². The molecular weight excluding hydrogens is 322 g/mol. The van der Waals surface area contributed by atoms with Gasteiger partial charge in [-0.05, 0) is 44.2 Å². The van der Waals surface area contributed by atoms with Gasteiger partial charge < -0.3 is 4.90 Å². The smallest absolute Gasteiger partial charge is 0.264 e. The largest absolute Gasteiger partial charge is 0.335 e. The average Bonchev–Trinajstić information content (AvgIpc) is 2.86. The summed E-state index contributed by atoms with van der Waals surface area (Å²) in [4.78, 5) is 17.4. The van der Waals surface area contributed by atoms with Gasteiger partial charge in [0.25, 0.3) is 5.91 Å². The number of carbonyl (C=O) groups is 1. The van der Waals surface area contributed by atoms with Gasteiger partial charge >= 0.3 is 0 Å². The van der Waals surface area contributed by atoms with E-state index in [1.807, 2.05) is 6.07 Å². The zero-order chi connectivity index (χ0) is 13.8. The highest BCUT2D eigenvalue weighted by atomic mass is 79.9. The molecule has 1 aliphatic rings. The van der Waals surface area contributed by atoms with Crippen LogP contribution in [0, 0.1) is 0 Å². The number of hydrogen-bond acceptors (Lipinski definition) is 2. The van der Waals surface area contributed by atoms with Crippen LogP contribution >= 0.6 is 27.3 Å². The van der Waals surface area contributed by atoms with Gasteiger partial charge in [-0.15, -0.1) is 11.3 Å². The SMILES string of the molecule is CCc1ccc(C(=O)N2CCCCC2CC(C)Br)s1. The van der Waals surface area contributed by atoms with Crippen molar-refractivity contribution in [1.29, 1.82) is 0 Å². The first-order valence-corrected chi connectivity index (χ1v) is 8.88. The van der Waals surface area contributed by atoms with Crippen molar-refractivity contribution in [1.82, 2.24) is 4.90 Å². The molecular formula is C15H22BrNOS. The second-order valence-corrected chi connectivity index (χ2v) is 8.02. The molecule has 0 spiro atoms. The van der Waals surface area contributed by atoms with E-state index in [4.69, 9.17) is 0 Å². The highest BCUT2D eigenvalue weighted by Gasteiger charge is 2.28. The van der Waals surface area contributed by atoms with E-state index < -0.39 is 0 Å². The lowest BCUT2D eigenvalue weighted by Gasteiger charge is -2.36. The van der Waals surface area contributed by atoms with Crippen molar-refractivity contribution < 1.29 is 4.79 Å². The van der Waals surface area contributed by atoms with Crippen LogP contribution in [0.2, 0.25) is 0 Å². The minimum Gasteiger partial charge on any atom is -0.335 e. The number of rotatable bonds is 4. The summed E-state index contributed by atoms with van der Waals surface area (Å²) in [6.45, 7) is 5.22. The first kappa shape index (κ1) is 15.0. The van der Waals surface area contributed by atoms with E-state index in [1.54, 1.807) is 11.3 Å². The van der Waals surface area contributed by atoms with E-state index in [-0.39, 0.29) is 5.91 Å². The Hall–Kier alpha value is -0.350. The van der Waals surface area contributed by atoms with Gasteiger partial charge in [-0.2, -0.15) is 0 Å². The molecule has 0 saturated carbocycles. The summed E-state index contributed by atoms with van der Waals surface area (Å²) in [6, 6.07) is 4.49. The Labute approximate surface area is 128 Å². The van der Waals surface area contributed by atoms with Crippen LogP contribution in [0.4, 0.5) is 0 Å². The molecule has 1 fully saturated rings. The molecule has 0 aromatic carbocycles. The second kappa shape index (κ2) is 6.89. The van der Waals surface area contributed by atoms with Crippen LogP contribution in [0.5, 0.6) is 0 Å². The maximum atomic E-state index is 12.6. The predicted octanol–water partition coefficient (Wildman–Crippen LogP) is 4.48. The molecule has 106 valence electrons. The molecule has 0 aliphatic carbocycles. The molecule has 4 heteroatoms. The molecule has 2 nitrogen and oxygen atoms in total. The van der Waals surface area contributed by atoms with Gasteiger partial charge in [0.15, 0.2) is 0 Å². The van der Waals surface area contributed by atoms with Crippen molar-refractivity contribution in [2.24, 2.45) is 0 Å². The zero-order valence-corrected chi connectivity index (χ0v) is 14.1. The molecule has 1 aromatic rings. The molecule has 0 N–H and O–H groups in total. The van der Waals surface area contributed by atoms with E-state index >= 15 is 0 Å². The van der Waals surface area contributed by atoms with E-state index in [9.17, 15) is 4.79 Å². The molecule has 2 rings (SSSR count). The van der Waals surface area contributed by atoms with Crippen LogP contribution in [-0.2, 0) is 6.42 Å². The zero-order valence-electron chi connectivity index (χ0n) is 11.7. The minimum atomic E-state index is 0.238. The third-order valence-electron chi connectivity index (χ3n) is 3.71. The fourth-order valence-electron chi connectivity index (χ4n) is 2.71. The number of aryl methyl sites for hydroxylation is 1. The molecule has 2 heterocycles. The highest BCUT2D eigenvalue weighted by molar-refractivity contribution is 9.09. The van der Waals surface area contributed by atoms with E-state index in [0.717, 1.165) is 37.1 Å². The fourth-order valence-corrected chi connectivity index (χ4v) is 4.05. The van der Waals surface area contributed by atoms with Crippen LogP contribution in [0.25, 0.3) is 0 Å².